The number of nitrogens with one attached hydrogen (secondary N) is 1. The van der Waals surface area contributed by atoms with Gasteiger partial charge in [0.05, 0.1) is 30.3 Å². The number of hydrogen-bond acceptors (Lipinski definition) is 6. The van der Waals surface area contributed by atoms with E-state index in [0.29, 0.717) is 11.4 Å². The Morgan fingerprint density at radius 1 is 1.13 bits per heavy atom. The minimum atomic E-state index is 0.0359. The zero-order valence-corrected chi connectivity index (χ0v) is 17.0. The van der Waals surface area contributed by atoms with E-state index in [4.69, 9.17) is 15.3 Å². The highest BCUT2D eigenvalue weighted by atomic mass is 16.3. The summed E-state index contributed by atoms with van der Waals surface area (Å²) in [5.74, 6) is 1.09. The quantitative estimate of drug-likeness (QED) is 0.392. The molecule has 0 bridgehead atoms. The Labute approximate surface area is 178 Å². The maximum Gasteiger partial charge on any atom is 0.177 e. The number of hydrogen-bond donors (Lipinski definition) is 3. The van der Waals surface area contributed by atoms with Crippen LogP contribution in [0.15, 0.2) is 59.9 Å². The van der Waals surface area contributed by atoms with Crippen LogP contribution >= 0.6 is 0 Å². The minimum absolute atomic E-state index is 0.0359. The van der Waals surface area contributed by atoms with E-state index in [1.807, 2.05) is 35.0 Å². The molecule has 0 aliphatic heterocycles. The van der Waals surface area contributed by atoms with Gasteiger partial charge in [0.1, 0.15) is 5.76 Å². The van der Waals surface area contributed by atoms with E-state index in [1.54, 1.807) is 24.9 Å². The van der Waals surface area contributed by atoms with Gasteiger partial charge >= 0.3 is 0 Å². The number of imidazole rings is 1. The molecular weight excluding hydrogens is 392 g/mol. The number of pyridine rings is 2. The summed E-state index contributed by atoms with van der Waals surface area (Å²) in [5, 5.41) is 16.6. The van der Waals surface area contributed by atoms with Crippen LogP contribution in [0.5, 0.6) is 0 Å². The molecule has 4 N–H and O–H groups in total. The Kier molecular flexibility index (Phi) is 5.13. The molecule has 0 saturated heterocycles. The van der Waals surface area contributed by atoms with E-state index >= 15 is 0 Å². The zero-order chi connectivity index (χ0) is 21.2. The van der Waals surface area contributed by atoms with Crippen molar-refractivity contribution in [3.63, 3.8) is 0 Å². The summed E-state index contributed by atoms with van der Waals surface area (Å²) in [7, 11) is 0. The molecule has 0 amide bonds. The van der Waals surface area contributed by atoms with Gasteiger partial charge in [-0.05, 0) is 31.0 Å². The molecular formula is C23H24N6O2. The van der Waals surface area contributed by atoms with E-state index < -0.39 is 0 Å². The Bertz CT molecular complexity index is 1300. The first kappa shape index (κ1) is 19.3. The fraction of sp³-hybridized carbons (Fsp3) is 0.261. The van der Waals surface area contributed by atoms with Crippen LogP contribution in [0, 0.1) is 0 Å². The number of aliphatic hydroxyl groups excluding tert-OH is 1. The average Bonchev–Trinajstić information content (AvgIpc) is 3.55. The van der Waals surface area contributed by atoms with Gasteiger partial charge in [-0.2, -0.15) is 5.10 Å². The van der Waals surface area contributed by atoms with Gasteiger partial charge in [0, 0.05) is 40.7 Å². The number of fused-ring (bicyclic) bond motifs is 2. The summed E-state index contributed by atoms with van der Waals surface area (Å²) in [4.78, 5) is 8.44. The number of anilines is 1. The Hall–Kier alpha value is -3.65. The molecule has 31 heavy (non-hydrogen) atoms. The number of nitrogen functional groups attached to an aromatic ring is 1. The first-order valence-electron chi connectivity index (χ1n) is 10.5. The van der Waals surface area contributed by atoms with Crippen LogP contribution in [0.3, 0.4) is 0 Å². The van der Waals surface area contributed by atoms with Crippen molar-refractivity contribution in [1.82, 2.24) is 24.6 Å². The topological polar surface area (TPSA) is 118 Å². The van der Waals surface area contributed by atoms with Gasteiger partial charge in [0.25, 0.3) is 0 Å². The molecule has 158 valence electrons. The van der Waals surface area contributed by atoms with Crippen LogP contribution in [-0.2, 0) is 0 Å². The van der Waals surface area contributed by atoms with Crippen LogP contribution in [0.25, 0.3) is 38.9 Å². The first-order valence-corrected chi connectivity index (χ1v) is 10.5. The third kappa shape index (κ3) is 3.77. The number of rotatable bonds is 2. The molecule has 0 unspecified atom stereocenters. The Balaban J connectivity index is 0.000000250. The summed E-state index contributed by atoms with van der Waals surface area (Å²) >= 11 is 0. The standard InChI is InChI=1S/C17H12N6O.C6H12O/c18-17-16-12(13(7-20-17)10-5-21-22-6-10)4-15(24-16)11-2-1-3-23-9-19-8-14(11)23;7-6-4-2-1-3-5-6/h1-9H,(H2,18,20)(H,21,22);6-7H,1-5H2. The molecule has 0 spiro atoms. The molecule has 1 aliphatic carbocycles. The predicted octanol–water partition coefficient (Wildman–Crippen LogP) is 4.43. The van der Waals surface area contributed by atoms with Crippen molar-refractivity contribution < 1.29 is 9.52 Å². The number of aromatic amines is 1. The van der Waals surface area contributed by atoms with Crippen molar-refractivity contribution in [2.75, 3.05) is 5.73 Å². The SMILES string of the molecule is Nc1ncc(-c2cn[nH]c2)c2cc(-c3cccn4cncc34)oc12.OC1CCCCC1. The smallest absolute Gasteiger partial charge is 0.177 e. The van der Waals surface area contributed by atoms with Crippen LogP contribution in [0.2, 0.25) is 0 Å². The largest absolute Gasteiger partial charge is 0.452 e. The molecule has 5 aromatic heterocycles. The molecule has 0 radical (unpaired) electrons. The lowest BCUT2D eigenvalue weighted by Crippen LogP contribution is -2.09. The van der Waals surface area contributed by atoms with Crippen molar-refractivity contribution in [1.29, 1.82) is 0 Å². The van der Waals surface area contributed by atoms with Gasteiger partial charge in [0.2, 0.25) is 0 Å². The molecule has 6 rings (SSSR count). The van der Waals surface area contributed by atoms with E-state index in [9.17, 15) is 0 Å². The highest BCUT2D eigenvalue weighted by molar-refractivity contribution is 6.00. The van der Waals surface area contributed by atoms with Gasteiger partial charge in [-0.1, -0.05) is 19.3 Å². The monoisotopic (exact) mass is 416 g/mol. The van der Waals surface area contributed by atoms with Crippen LogP contribution in [-0.4, -0.2) is 35.8 Å². The van der Waals surface area contributed by atoms with E-state index in [0.717, 1.165) is 46.2 Å². The van der Waals surface area contributed by atoms with E-state index in [2.05, 4.69) is 20.2 Å². The van der Waals surface area contributed by atoms with Crippen molar-refractivity contribution in [2.45, 2.75) is 38.2 Å². The maximum absolute atomic E-state index is 8.91. The lowest BCUT2D eigenvalue weighted by Gasteiger charge is -2.14. The number of nitrogens with zero attached hydrogens (tertiary/aromatic N) is 4. The lowest BCUT2D eigenvalue weighted by atomic mass is 9.98. The second kappa shape index (κ2) is 8.23. The maximum atomic E-state index is 8.91. The van der Waals surface area contributed by atoms with Crippen LogP contribution in [0.4, 0.5) is 5.82 Å². The third-order valence-electron chi connectivity index (χ3n) is 5.69. The van der Waals surface area contributed by atoms with Crippen molar-refractivity contribution >= 4 is 22.3 Å². The number of furan rings is 1. The number of aliphatic hydroxyl groups is 1. The molecule has 5 aromatic rings. The highest BCUT2D eigenvalue weighted by Crippen LogP contribution is 2.37. The summed E-state index contributed by atoms with van der Waals surface area (Å²) in [6.07, 6.45) is 16.7. The van der Waals surface area contributed by atoms with Gasteiger partial charge in [-0.3, -0.25) is 5.10 Å². The predicted molar refractivity (Wildman–Crippen MR) is 119 cm³/mol. The summed E-state index contributed by atoms with van der Waals surface area (Å²) < 4.78 is 7.99. The normalized spacial score (nSPS) is 14.6. The summed E-state index contributed by atoms with van der Waals surface area (Å²) in [6, 6.07) is 5.93. The van der Waals surface area contributed by atoms with Crippen molar-refractivity contribution in [2.24, 2.45) is 0 Å². The second-order valence-corrected chi connectivity index (χ2v) is 7.80. The number of nitrogens with two attached hydrogens (primary N) is 1. The molecule has 1 aliphatic rings. The van der Waals surface area contributed by atoms with E-state index in [-0.39, 0.29) is 6.10 Å². The molecule has 0 aromatic carbocycles. The number of aromatic nitrogens is 5. The fourth-order valence-corrected chi connectivity index (χ4v) is 4.04. The molecule has 1 fully saturated rings. The Morgan fingerprint density at radius 2 is 2.00 bits per heavy atom. The fourth-order valence-electron chi connectivity index (χ4n) is 4.04. The molecule has 0 atom stereocenters. The van der Waals surface area contributed by atoms with Crippen LogP contribution < -0.4 is 5.73 Å². The minimum Gasteiger partial charge on any atom is -0.452 e. The van der Waals surface area contributed by atoms with Crippen LogP contribution in [0.1, 0.15) is 32.1 Å². The van der Waals surface area contributed by atoms with Gasteiger partial charge in [0.15, 0.2) is 11.4 Å². The molecule has 1 saturated carbocycles. The van der Waals surface area contributed by atoms with E-state index in [1.165, 1.54) is 19.3 Å². The molecule has 8 nitrogen and oxygen atoms in total. The zero-order valence-electron chi connectivity index (χ0n) is 17.0. The first-order chi connectivity index (χ1) is 15.2. The second-order valence-electron chi connectivity index (χ2n) is 7.80. The van der Waals surface area contributed by atoms with Crippen molar-refractivity contribution in [3.05, 3.63) is 55.5 Å². The Morgan fingerprint density at radius 3 is 2.74 bits per heavy atom. The summed E-state index contributed by atoms with van der Waals surface area (Å²) in [5.41, 5.74) is 10.4. The molecule has 5 heterocycles. The molecule has 8 heteroatoms. The van der Waals surface area contributed by atoms with Gasteiger partial charge in [-0.15, -0.1) is 0 Å². The summed E-state index contributed by atoms with van der Waals surface area (Å²) in [6.45, 7) is 0. The highest BCUT2D eigenvalue weighted by Gasteiger charge is 2.16. The third-order valence-corrected chi connectivity index (χ3v) is 5.69. The van der Waals surface area contributed by atoms with Gasteiger partial charge in [-0.25, -0.2) is 9.97 Å². The lowest BCUT2D eigenvalue weighted by molar-refractivity contribution is 0.130. The average molecular weight is 416 g/mol. The number of H-pyrrole nitrogens is 1. The van der Waals surface area contributed by atoms with Gasteiger partial charge < -0.3 is 19.7 Å². The van der Waals surface area contributed by atoms with Crippen molar-refractivity contribution in [3.8, 4) is 22.5 Å².